The smallest absolute Gasteiger partial charge is 0.356 e. The number of esters is 1. The number of aryl methyl sites for hydroxylation is 7. The van der Waals surface area contributed by atoms with Crippen LogP contribution >= 0.6 is 0 Å². The normalized spacial score (nSPS) is 11.4. The molecule has 15 aromatic rings. The summed E-state index contributed by atoms with van der Waals surface area (Å²) in [6, 6.07) is 56.4. The molecule has 0 spiro atoms. The van der Waals surface area contributed by atoms with E-state index in [-0.39, 0.29) is 17.4 Å². The van der Waals surface area contributed by atoms with Crippen LogP contribution < -0.4 is 30.2 Å². The third-order valence-corrected chi connectivity index (χ3v) is 18.5. The summed E-state index contributed by atoms with van der Waals surface area (Å²) in [5.74, 6) is 3.74. The van der Waals surface area contributed by atoms with E-state index in [9.17, 15) is 14.4 Å². The number of H-pyrrole nitrogens is 2. The number of amides is 1. The first kappa shape index (κ1) is 74.3. The van der Waals surface area contributed by atoms with E-state index in [1.807, 2.05) is 143 Å². The maximum atomic E-state index is 12.5. The lowest BCUT2D eigenvalue weighted by Crippen LogP contribution is -2.41. The molecule has 27 nitrogen and oxygen atoms in total. The molecule has 27 heteroatoms. The fourth-order valence-electron chi connectivity index (χ4n) is 12.6. The molecule has 0 aliphatic carbocycles. The molecule has 0 unspecified atom stereocenters. The van der Waals surface area contributed by atoms with Crippen molar-refractivity contribution in [1.29, 1.82) is 15.8 Å². The predicted octanol–water partition coefficient (Wildman–Crippen LogP) is 17.4. The van der Waals surface area contributed by atoms with Crippen LogP contribution in [0.25, 0.3) is 66.7 Å². The first-order chi connectivity index (χ1) is 54.7. The van der Waals surface area contributed by atoms with Gasteiger partial charge in [-0.1, -0.05) is 24.3 Å². The van der Waals surface area contributed by atoms with Crippen LogP contribution in [-0.2, 0) is 11.8 Å². The number of Topliss-reactive ketones (excluding diaryl/α,β-unsaturated/α-hetero) is 1. The van der Waals surface area contributed by atoms with E-state index in [1.54, 1.807) is 85.2 Å². The minimum absolute atomic E-state index is 0.0688. The van der Waals surface area contributed by atoms with Crippen molar-refractivity contribution < 1.29 is 33.3 Å². The van der Waals surface area contributed by atoms with Crippen LogP contribution in [0.3, 0.4) is 0 Å². The number of imidazole rings is 2. The summed E-state index contributed by atoms with van der Waals surface area (Å²) < 4.78 is 25.8. The molecule has 1 aliphatic heterocycles. The Balaban J connectivity index is 0.000000141. The number of nitrogens with one attached hydrogen (secondary N) is 5. The van der Waals surface area contributed by atoms with Gasteiger partial charge in [0.1, 0.15) is 45.2 Å². The number of carbonyl (C=O) groups excluding carboxylic acids is 3. The lowest BCUT2D eigenvalue weighted by atomic mass is 9.98. The maximum absolute atomic E-state index is 12.5. The summed E-state index contributed by atoms with van der Waals surface area (Å²) in [7, 11) is 3.26. The molecular weight excluding hydrogens is 1430 g/mol. The van der Waals surface area contributed by atoms with Crippen molar-refractivity contribution in [2.75, 3.05) is 36.1 Å². The fraction of sp³-hybridized carbons (Fsp3) is 0.140. The first-order valence-electron chi connectivity index (χ1n) is 35.6. The van der Waals surface area contributed by atoms with Crippen LogP contribution in [0.5, 0.6) is 34.9 Å². The van der Waals surface area contributed by atoms with Crippen molar-refractivity contribution in [2.45, 2.75) is 54.9 Å². The standard InChI is InChI=1S/C32H28N6O2.C27H21N7O3.C27H21N7O2/c1-20-17-25(23-7-9-24(10-8-23)31(39)38-14-4-15-38)18-21(2)29(20)40-30-28-27(13-16-37(28)3)35-32(36-30)34-26-11-5-22(19-33)6-12-26;1-15-10-19(18-6-9-21(29-13-18)26(35)36-3)11-16(2)23(15)37-25-22-24(31-14-30-22)33-27(34-25)32-20-7-4-17(12-28)5-8-20;1-15-10-20(19-6-9-22(17(3)35)29-13-19)11-16(2)24(15)36-26-23-25(31-14-30-23)33-27(34-26)32-21-7-4-18(12-28)5-8-21/h5-13,16-18H,4,14-15H2,1-3H3,(H,34,35,36);4-11,13-14H,1-3H3,(H2,30,31,32,33,34);4-11,13-14H,1-3H3,(H2,30,31,32,33,34). The Kier molecular flexibility index (Phi) is 21.4. The van der Waals surface area contributed by atoms with Crippen molar-refractivity contribution in [3.63, 3.8) is 0 Å². The quantitative estimate of drug-likeness (QED) is 0.0393. The van der Waals surface area contributed by atoms with Gasteiger partial charge in [-0.3, -0.25) is 14.6 Å². The molecule has 0 atom stereocenters. The number of aromatic nitrogens is 13. The van der Waals surface area contributed by atoms with Crippen molar-refractivity contribution >= 4 is 85.9 Å². The van der Waals surface area contributed by atoms with Crippen molar-refractivity contribution in [3.05, 3.63) is 262 Å². The Labute approximate surface area is 647 Å². The maximum Gasteiger partial charge on any atom is 0.356 e. The van der Waals surface area contributed by atoms with Gasteiger partial charge in [0.25, 0.3) is 17.7 Å². The Morgan fingerprint density at radius 2 is 0.841 bits per heavy atom. The van der Waals surface area contributed by atoms with E-state index < -0.39 is 5.97 Å². The van der Waals surface area contributed by atoms with E-state index in [1.165, 1.54) is 26.7 Å². The second-order valence-electron chi connectivity index (χ2n) is 26.6. The fourth-order valence-corrected chi connectivity index (χ4v) is 12.6. The molecule has 556 valence electrons. The summed E-state index contributed by atoms with van der Waals surface area (Å²) in [6.07, 6.45) is 9.42. The number of hydrogen-bond donors (Lipinski definition) is 5. The van der Waals surface area contributed by atoms with Gasteiger partial charge in [-0.2, -0.15) is 40.7 Å². The number of pyridine rings is 2. The molecule has 16 rings (SSSR count). The average Bonchev–Trinajstić information content (AvgIpc) is 1.75. The zero-order chi connectivity index (χ0) is 79.0. The molecule has 1 aliphatic rings. The molecule has 7 aromatic carbocycles. The molecule has 8 aromatic heterocycles. The zero-order valence-electron chi connectivity index (χ0n) is 62.7. The van der Waals surface area contributed by atoms with E-state index in [2.05, 4.69) is 101 Å². The van der Waals surface area contributed by atoms with E-state index in [4.69, 9.17) is 39.7 Å². The summed E-state index contributed by atoms with van der Waals surface area (Å²) in [4.78, 5) is 88.1. The second kappa shape index (κ2) is 32.5. The monoisotopic (exact) mass is 1490 g/mol. The number of aromatic amines is 2. The largest absolute Gasteiger partial charge is 0.464 e. The van der Waals surface area contributed by atoms with Gasteiger partial charge in [-0.15, -0.1) is 0 Å². The molecular formula is C86H70N20O7. The van der Waals surface area contributed by atoms with Gasteiger partial charge in [0.15, 0.2) is 17.1 Å². The lowest BCUT2D eigenvalue weighted by Gasteiger charge is -2.30. The summed E-state index contributed by atoms with van der Waals surface area (Å²) in [5.41, 5.74) is 20.2. The lowest BCUT2D eigenvalue weighted by molar-refractivity contribution is 0.0593. The van der Waals surface area contributed by atoms with Crippen LogP contribution in [0.15, 0.2) is 195 Å². The number of likely N-dealkylation sites (tertiary alicyclic amines) is 1. The minimum Gasteiger partial charge on any atom is -0.464 e. The highest BCUT2D eigenvalue weighted by molar-refractivity contribution is 5.95. The van der Waals surface area contributed by atoms with Gasteiger partial charge in [0, 0.05) is 79.4 Å². The Morgan fingerprint density at radius 1 is 0.451 bits per heavy atom. The second-order valence-corrected chi connectivity index (χ2v) is 26.6. The number of anilines is 6. The van der Waals surface area contributed by atoms with Gasteiger partial charge >= 0.3 is 5.97 Å². The zero-order valence-corrected chi connectivity index (χ0v) is 62.7. The van der Waals surface area contributed by atoms with Crippen LogP contribution in [0.4, 0.5) is 34.9 Å². The van der Waals surface area contributed by atoms with Crippen LogP contribution in [0.1, 0.15) is 94.8 Å². The van der Waals surface area contributed by atoms with Gasteiger partial charge in [-0.05, 0) is 243 Å². The summed E-state index contributed by atoms with van der Waals surface area (Å²) in [6.45, 7) is 15.0. The number of nitriles is 3. The highest BCUT2D eigenvalue weighted by Crippen LogP contribution is 2.40. The van der Waals surface area contributed by atoms with Gasteiger partial charge < -0.3 is 54.3 Å². The first-order valence-corrected chi connectivity index (χ1v) is 35.6. The average molecular weight is 1500 g/mol. The van der Waals surface area contributed by atoms with Gasteiger partial charge in [0.2, 0.25) is 23.7 Å². The van der Waals surface area contributed by atoms with E-state index >= 15 is 0 Å². The van der Waals surface area contributed by atoms with Crippen molar-refractivity contribution in [3.8, 4) is 86.5 Å². The van der Waals surface area contributed by atoms with E-state index in [0.29, 0.717) is 91.7 Å². The third kappa shape index (κ3) is 16.6. The molecule has 5 N–H and O–H groups in total. The van der Waals surface area contributed by atoms with Crippen LogP contribution in [-0.4, -0.2) is 107 Å². The Morgan fingerprint density at radius 3 is 1.22 bits per heavy atom. The minimum atomic E-state index is -0.481. The van der Waals surface area contributed by atoms with Gasteiger partial charge in [0.05, 0.1) is 60.2 Å². The number of fused-ring (bicyclic) bond motifs is 3. The number of ether oxygens (including phenoxy) is 4. The molecule has 113 heavy (non-hydrogen) atoms. The number of methoxy groups -OCH3 is 1. The number of benzene rings is 7. The summed E-state index contributed by atoms with van der Waals surface area (Å²) in [5, 5.41) is 36.6. The molecule has 1 fully saturated rings. The highest BCUT2D eigenvalue weighted by Gasteiger charge is 2.24. The topological polar surface area (TPSA) is 364 Å². The molecule has 9 heterocycles. The molecule has 1 amide bonds. The SMILES string of the molecule is CC(=O)c1ccc(-c2cc(C)c(Oc3nc(Nc4ccc(C#N)cc4)nc4nc[nH]c34)c(C)c2)cn1.COC(=O)c1ccc(-c2cc(C)c(Oc3nc(Nc4ccc(C#N)cc4)nc4nc[nH]c34)c(C)c2)cn1.Cc1cc(-c2ccc(C(=O)N3CCC3)cc2)cc(C)c1Oc1nc(Nc2ccc(C#N)cc2)nc2ccn(C)c12. The Bertz CT molecular complexity index is 6210. The Hall–Kier alpha value is -15.6. The number of rotatable bonds is 18. The molecule has 0 radical (unpaired) electrons. The summed E-state index contributed by atoms with van der Waals surface area (Å²) >= 11 is 0. The third-order valence-electron chi connectivity index (χ3n) is 18.5. The molecule has 1 saturated heterocycles. The predicted molar refractivity (Wildman–Crippen MR) is 427 cm³/mol. The van der Waals surface area contributed by atoms with Crippen molar-refractivity contribution in [2.24, 2.45) is 7.05 Å². The number of nitrogens with zero attached hydrogens (tertiary/aromatic N) is 15. The number of ketones is 1. The van der Waals surface area contributed by atoms with Gasteiger partial charge in [-0.25, -0.2) is 24.7 Å². The molecule has 0 saturated carbocycles. The highest BCUT2D eigenvalue weighted by atomic mass is 16.5. The van der Waals surface area contributed by atoms with Crippen molar-refractivity contribution in [1.82, 2.24) is 69.3 Å². The molecule has 0 bridgehead atoms. The number of hydrogen-bond acceptors (Lipinski definition) is 23. The van der Waals surface area contributed by atoms with Crippen LogP contribution in [0, 0.1) is 75.5 Å². The van der Waals surface area contributed by atoms with Crippen LogP contribution in [0.2, 0.25) is 0 Å². The van der Waals surface area contributed by atoms with E-state index in [0.717, 1.165) is 126 Å². The number of carbonyl (C=O) groups is 3.